The summed E-state index contributed by atoms with van der Waals surface area (Å²) in [4.78, 5) is 8.51. The van der Waals surface area contributed by atoms with Crippen molar-refractivity contribution in [1.82, 2.24) is 4.90 Å². The van der Waals surface area contributed by atoms with Gasteiger partial charge in [-0.3, -0.25) is 4.99 Å². The highest BCUT2D eigenvalue weighted by Gasteiger charge is 2.23. The number of nitrogens with two attached hydrogens (primary N) is 1. The van der Waals surface area contributed by atoms with Gasteiger partial charge in [0.1, 0.15) is 17.8 Å². The number of hydrogen-bond acceptors (Lipinski definition) is 5. The molecule has 1 aliphatic rings. The summed E-state index contributed by atoms with van der Waals surface area (Å²) in [6.07, 6.45) is 6.68. The smallest absolute Gasteiger partial charge is 0.214 e. The van der Waals surface area contributed by atoms with Crippen molar-refractivity contribution >= 4 is 28.3 Å². The van der Waals surface area contributed by atoms with E-state index in [1.807, 2.05) is 42.5 Å². The van der Waals surface area contributed by atoms with E-state index in [2.05, 4.69) is 9.89 Å². The molecule has 2 aromatic carbocycles. The van der Waals surface area contributed by atoms with E-state index in [0.29, 0.717) is 29.9 Å². The first-order valence-electron chi connectivity index (χ1n) is 11.2. The minimum Gasteiger partial charge on any atom is -0.495 e. The molecule has 0 atom stereocenters. The molecule has 1 aliphatic heterocycles. The van der Waals surface area contributed by atoms with Crippen LogP contribution in [0.25, 0.3) is 10.8 Å². The molecule has 170 valence electrons. The molecule has 7 heteroatoms. The number of benzene rings is 2. The molecule has 32 heavy (non-hydrogen) atoms. The molecule has 0 radical (unpaired) electrons. The van der Waals surface area contributed by atoms with Crippen LogP contribution in [0.4, 0.5) is 11.6 Å². The van der Waals surface area contributed by atoms with Gasteiger partial charge in [-0.25, -0.2) is 4.90 Å². The van der Waals surface area contributed by atoms with Gasteiger partial charge in [0.05, 0.1) is 19.4 Å². The Bertz CT molecular complexity index is 1060. The van der Waals surface area contributed by atoms with Crippen molar-refractivity contribution < 1.29 is 13.9 Å². The number of furan rings is 1. The lowest BCUT2D eigenvalue weighted by Crippen LogP contribution is -2.33. The highest BCUT2D eigenvalue weighted by Crippen LogP contribution is 2.40. The van der Waals surface area contributed by atoms with Gasteiger partial charge in [-0.2, -0.15) is 0 Å². The Morgan fingerprint density at radius 3 is 2.75 bits per heavy atom. The molecular formula is C25H32N4O3. The molecule has 0 saturated carbocycles. The number of aliphatic imine (C=N–C) groups is 1. The molecular weight excluding hydrogens is 404 g/mol. The Kier molecular flexibility index (Phi) is 7.17. The SMILES string of the molecule is CN=C(N)N(c1cc(OCCCN2CCCCC2)ccc1OC)c1occ2ccccc12. The van der Waals surface area contributed by atoms with Crippen molar-refractivity contribution in [3.05, 3.63) is 48.7 Å². The molecule has 7 nitrogen and oxygen atoms in total. The lowest BCUT2D eigenvalue weighted by molar-refractivity contribution is 0.205. The average Bonchev–Trinajstić information content (AvgIpc) is 3.26. The molecule has 0 bridgehead atoms. The first-order valence-corrected chi connectivity index (χ1v) is 11.2. The maximum atomic E-state index is 6.32. The minimum absolute atomic E-state index is 0.297. The van der Waals surface area contributed by atoms with Crippen LogP contribution in [-0.4, -0.2) is 51.3 Å². The van der Waals surface area contributed by atoms with Crippen molar-refractivity contribution in [3.8, 4) is 11.5 Å². The Morgan fingerprint density at radius 1 is 1.16 bits per heavy atom. The predicted molar refractivity (Wildman–Crippen MR) is 129 cm³/mol. The zero-order valence-corrected chi connectivity index (χ0v) is 18.9. The third-order valence-corrected chi connectivity index (χ3v) is 5.88. The number of nitrogens with zero attached hydrogens (tertiary/aromatic N) is 3. The van der Waals surface area contributed by atoms with Gasteiger partial charge in [-0.15, -0.1) is 0 Å². The number of ether oxygens (including phenoxy) is 2. The summed E-state index contributed by atoms with van der Waals surface area (Å²) in [7, 11) is 3.29. The van der Waals surface area contributed by atoms with Crippen LogP contribution in [0, 0.1) is 0 Å². The molecule has 1 saturated heterocycles. The molecule has 2 heterocycles. The van der Waals surface area contributed by atoms with Crippen molar-refractivity contribution in [2.75, 3.05) is 45.3 Å². The average molecular weight is 437 g/mol. The van der Waals surface area contributed by atoms with E-state index in [0.717, 1.165) is 29.5 Å². The molecule has 0 amide bonds. The Labute approximate surface area is 189 Å². The van der Waals surface area contributed by atoms with Crippen molar-refractivity contribution in [3.63, 3.8) is 0 Å². The highest BCUT2D eigenvalue weighted by atomic mass is 16.5. The zero-order chi connectivity index (χ0) is 22.3. The second kappa shape index (κ2) is 10.4. The molecule has 1 aromatic heterocycles. The molecule has 2 N–H and O–H groups in total. The van der Waals surface area contributed by atoms with Crippen molar-refractivity contribution in [2.24, 2.45) is 10.7 Å². The highest BCUT2D eigenvalue weighted by molar-refractivity contribution is 6.08. The van der Waals surface area contributed by atoms with Gasteiger partial charge in [0.15, 0.2) is 0 Å². The fourth-order valence-electron chi connectivity index (χ4n) is 4.18. The largest absolute Gasteiger partial charge is 0.495 e. The predicted octanol–water partition coefficient (Wildman–Crippen LogP) is 4.78. The van der Waals surface area contributed by atoms with E-state index in [1.165, 1.54) is 32.4 Å². The van der Waals surface area contributed by atoms with Gasteiger partial charge < -0.3 is 24.5 Å². The lowest BCUT2D eigenvalue weighted by Gasteiger charge is -2.26. The summed E-state index contributed by atoms with van der Waals surface area (Å²) in [5.74, 6) is 2.29. The Hall–Kier alpha value is -3.19. The molecule has 1 fully saturated rings. The van der Waals surface area contributed by atoms with Gasteiger partial charge >= 0.3 is 0 Å². The number of guanidine groups is 1. The van der Waals surface area contributed by atoms with E-state index < -0.39 is 0 Å². The number of rotatable bonds is 8. The Morgan fingerprint density at radius 2 is 1.97 bits per heavy atom. The van der Waals surface area contributed by atoms with Crippen LogP contribution in [-0.2, 0) is 0 Å². The second-order valence-corrected chi connectivity index (χ2v) is 7.98. The van der Waals surface area contributed by atoms with E-state index in [4.69, 9.17) is 19.6 Å². The van der Waals surface area contributed by atoms with Crippen LogP contribution in [0.5, 0.6) is 11.5 Å². The molecule has 0 aliphatic carbocycles. The van der Waals surface area contributed by atoms with Crippen LogP contribution >= 0.6 is 0 Å². The van der Waals surface area contributed by atoms with Crippen molar-refractivity contribution in [2.45, 2.75) is 25.7 Å². The van der Waals surface area contributed by atoms with Gasteiger partial charge in [-0.1, -0.05) is 24.6 Å². The number of hydrogen-bond donors (Lipinski definition) is 1. The summed E-state index contributed by atoms with van der Waals surface area (Å²) in [6, 6.07) is 13.7. The molecule has 3 aromatic rings. The van der Waals surface area contributed by atoms with Crippen molar-refractivity contribution in [1.29, 1.82) is 0 Å². The maximum Gasteiger partial charge on any atom is 0.214 e. The van der Waals surface area contributed by atoms with Gasteiger partial charge in [0, 0.05) is 30.4 Å². The standard InChI is InChI=1S/C25H32N4O3/c1-27-25(26)29(24-21-10-5-4-9-19(21)18-32-24)22-17-20(11-12-23(22)30-2)31-16-8-15-28-13-6-3-7-14-28/h4-5,9-12,17-18H,3,6-8,13-16H2,1-2H3,(H2,26,27). The first kappa shape index (κ1) is 22.0. The summed E-state index contributed by atoms with van der Waals surface area (Å²) < 4.78 is 17.6. The second-order valence-electron chi connectivity index (χ2n) is 7.98. The summed E-state index contributed by atoms with van der Waals surface area (Å²) in [6.45, 7) is 4.13. The fourth-order valence-corrected chi connectivity index (χ4v) is 4.18. The van der Waals surface area contributed by atoms with Crippen LogP contribution in [0.2, 0.25) is 0 Å². The van der Waals surface area contributed by atoms with E-state index in [-0.39, 0.29) is 0 Å². The number of anilines is 2. The number of piperidine rings is 1. The zero-order valence-electron chi connectivity index (χ0n) is 18.9. The summed E-state index contributed by atoms with van der Waals surface area (Å²) >= 11 is 0. The molecule has 4 rings (SSSR count). The van der Waals surface area contributed by atoms with Crippen LogP contribution < -0.4 is 20.1 Å². The summed E-state index contributed by atoms with van der Waals surface area (Å²) in [5, 5.41) is 1.93. The normalized spacial score (nSPS) is 15.1. The van der Waals surface area contributed by atoms with Crippen LogP contribution in [0.1, 0.15) is 25.7 Å². The lowest BCUT2D eigenvalue weighted by atomic mass is 10.1. The quantitative estimate of drug-likeness (QED) is 0.311. The first-order chi connectivity index (χ1) is 15.7. The number of methoxy groups -OCH3 is 1. The third kappa shape index (κ3) is 4.83. The molecule has 0 unspecified atom stereocenters. The minimum atomic E-state index is 0.297. The Balaban J connectivity index is 1.56. The van der Waals surface area contributed by atoms with Gasteiger partial charge in [-0.05, 0) is 50.6 Å². The molecule has 0 spiro atoms. The third-order valence-electron chi connectivity index (χ3n) is 5.88. The number of fused-ring (bicyclic) bond motifs is 1. The van der Waals surface area contributed by atoms with Crippen LogP contribution in [0.3, 0.4) is 0 Å². The van der Waals surface area contributed by atoms with Crippen LogP contribution in [0.15, 0.2) is 58.1 Å². The van der Waals surface area contributed by atoms with Gasteiger partial charge in [0.2, 0.25) is 11.8 Å². The van der Waals surface area contributed by atoms with Gasteiger partial charge in [0.25, 0.3) is 0 Å². The topological polar surface area (TPSA) is 76.5 Å². The number of likely N-dealkylation sites (tertiary alicyclic amines) is 1. The van der Waals surface area contributed by atoms with E-state index >= 15 is 0 Å². The maximum absolute atomic E-state index is 6.32. The van der Waals surface area contributed by atoms with E-state index in [1.54, 1.807) is 25.3 Å². The van der Waals surface area contributed by atoms with E-state index in [9.17, 15) is 0 Å². The monoisotopic (exact) mass is 436 g/mol. The summed E-state index contributed by atoms with van der Waals surface area (Å²) in [5.41, 5.74) is 7.04. The fraction of sp³-hybridized carbons (Fsp3) is 0.400.